The lowest BCUT2D eigenvalue weighted by molar-refractivity contribution is 0.259. The van der Waals surface area contributed by atoms with Crippen molar-refractivity contribution in [1.82, 2.24) is 9.78 Å². The van der Waals surface area contributed by atoms with Crippen LogP contribution in [0.3, 0.4) is 0 Å². The van der Waals surface area contributed by atoms with Crippen molar-refractivity contribution in [3.63, 3.8) is 0 Å². The van der Waals surface area contributed by atoms with Crippen LogP contribution in [0.4, 0.5) is 10.5 Å². The number of hydrogen-bond donors (Lipinski definition) is 2. The van der Waals surface area contributed by atoms with Crippen LogP contribution in [0.15, 0.2) is 12.4 Å². The van der Waals surface area contributed by atoms with E-state index in [0.717, 1.165) is 0 Å². The molecule has 1 heterocycles. The molecule has 0 aliphatic rings. The Kier molecular flexibility index (Phi) is 2.32. The van der Waals surface area contributed by atoms with Crippen LogP contribution in [0.5, 0.6) is 0 Å². The smallest absolute Gasteiger partial charge is 0.316 e. The highest BCUT2D eigenvalue weighted by atomic mass is 16.2. The van der Waals surface area contributed by atoms with Crippen LogP contribution in [0.2, 0.25) is 0 Å². The molecule has 0 saturated carbocycles. The molecule has 66 valence electrons. The van der Waals surface area contributed by atoms with E-state index in [0.29, 0.717) is 5.69 Å². The summed E-state index contributed by atoms with van der Waals surface area (Å²) in [6.07, 6.45) is 3.29. The Labute approximate surface area is 70.5 Å². The molecule has 0 aliphatic carbocycles. The Morgan fingerprint density at radius 2 is 2.42 bits per heavy atom. The van der Waals surface area contributed by atoms with Gasteiger partial charge in [0.05, 0.1) is 11.9 Å². The fraction of sp³-hybridized carbons (Fsp3) is 0.429. The highest BCUT2D eigenvalue weighted by molar-refractivity contribution is 5.87. The Hall–Kier alpha value is -1.52. The second-order valence-electron chi connectivity index (χ2n) is 2.79. The van der Waals surface area contributed by atoms with Crippen molar-refractivity contribution in [1.29, 1.82) is 0 Å². The van der Waals surface area contributed by atoms with Gasteiger partial charge in [-0.05, 0) is 13.8 Å². The molecule has 0 atom stereocenters. The minimum absolute atomic E-state index is 0.286. The third-order valence-electron chi connectivity index (χ3n) is 1.40. The van der Waals surface area contributed by atoms with Gasteiger partial charge in [0, 0.05) is 12.2 Å². The summed E-state index contributed by atoms with van der Waals surface area (Å²) in [7, 11) is 0. The molecule has 3 N–H and O–H groups in total. The summed E-state index contributed by atoms with van der Waals surface area (Å²) >= 11 is 0. The zero-order valence-electron chi connectivity index (χ0n) is 7.11. The lowest BCUT2D eigenvalue weighted by atomic mass is 10.4. The van der Waals surface area contributed by atoms with Crippen LogP contribution in [0.1, 0.15) is 19.9 Å². The van der Waals surface area contributed by atoms with Crippen LogP contribution in [-0.2, 0) is 0 Å². The van der Waals surface area contributed by atoms with Crippen molar-refractivity contribution in [2.75, 3.05) is 5.32 Å². The number of carbonyl (C=O) groups is 1. The number of hydrogen-bond acceptors (Lipinski definition) is 2. The summed E-state index contributed by atoms with van der Waals surface area (Å²) in [4.78, 5) is 10.4. The highest BCUT2D eigenvalue weighted by Gasteiger charge is 2.01. The Morgan fingerprint density at radius 3 is 2.83 bits per heavy atom. The number of anilines is 1. The second-order valence-corrected chi connectivity index (χ2v) is 2.79. The Bertz CT molecular complexity index is 279. The SMILES string of the molecule is CC(C)n1cc(NC(N)=O)cn1. The van der Waals surface area contributed by atoms with E-state index < -0.39 is 6.03 Å². The molecular formula is C7H12N4O. The fourth-order valence-electron chi connectivity index (χ4n) is 0.827. The Balaban J connectivity index is 2.70. The molecule has 0 aromatic carbocycles. The number of carbonyl (C=O) groups excluding carboxylic acids is 1. The van der Waals surface area contributed by atoms with Crippen LogP contribution < -0.4 is 11.1 Å². The molecule has 1 rings (SSSR count). The molecule has 0 aliphatic heterocycles. The van der Waals surface area contributed by atoms with Gasteiger partial charge in [0.25, 0.3) is 0 Å². The highest BCUT2D eigenvalue weighted by Crippen LogP contribution is 2.08. The first-order chi connectivity index (χ1) is 5.59. The zero-order chi connectivity index (χ0) is 9.14. The largest absolute Gasteiger partial charge is 0.351 e. The number of nitrogens with two attached hydrogens (primary N) is 1. The van der Waals surface area contributed by atoms with Crippen molar-refractivity contribution in [2.45, 2.75) is 19.9 Å². The third kappa shape index (κ3) is 1.98. The van der Waals surface area contributed by atoms with E-state index in [4.69, 9.17) is 5.73 Å². The molecule has 5 heteroatoms. The molecule has 0 fully saturated rings. The van der Waals surface area contributed by atoms with Gasteiger partial charge in [0.1, 0.15) is 0 Å². The lowest BCUT2D eigenvalue weighted by Gasteiger charge is -2.02. The number of rotatable bonds is 2. The van der Waals surface area contributed by atoms with Crippen molar-refractivity contribution >= 4 is 11.7 Å². The molecule has 5 nitrogen and oxygen atoms in total. The van der Waals surface area contributed by atoms with Gasteiger partial charge in [-0.3, -0.25) is 4.68 Å². The molecule has 1 aromatic rings. The normalized spacial score (nSPS) is 10.2. The number of aromatic nitrogens is 2. The standard InChI is InChI=1S/C7H12N4O/c1-5(2)11-4-6(3-9-11)10-7(8)12/h3-5H,1-2H3,(H3,8,10,12). The summed E-state index contributed by atoms with van der Waals surface area (Å²) in [5, 5.41) is 6.45. The monoisotopic (exact) mass is 168 g/mol. The number of nitrogens with zero attached hydrogens (tertiary/aromatic N) is 2. The third-order valence-corrected chi connectivity index (χ3v) is 1.40. The molecular weight excluding hydrogens is 156 g/mol. The minimum atomic E-state index is -0.571. The van der Waals surface area contributed by atoms with Gasteiger partial charge in [0.15, 0.2) is 0 Å². The van der Waals surface area contributed by atoms with E-state index in [1.807, 2.05) is 13.8 Å². The zero-order valence-corrected chi connectivity index (χ0v) is 7.11. The van der Waals surface area contributed by atoms with E-state index in [2.05, 4.69) is 10.4 Å². The van der Waals surface area contributed by atoms with Crippen LogP contribution in [0.25, 0.3) is 0 Å². The first-order valence-corrected chi connectivity index (χ1v) is 3.70. The summed E-state index contributed by atoms with van der Waals surface area (Å²) in [6.45, 7) is 4.00. The predicted molar refractivity (Wildman–Crippen MR) is 45.8 cm³/mol. The predicted octanol–water partition coefficient (Wildman–Crippen LogP) is 0.955. The number of urea groups is 1. The van der Waals surface area contributed by atoms with Crippen molar-refractivity contribution in [3.8, 4) is 0 Å². The molecule has 2 amide bonds. The maximum Gasteiger partial charge on any atom is 0.316 e. The average molecular weight is 168 g/mol. The minimum Gasteiger partial charge on any atom is -0.351 e. The molecule has 0 unspecified atom stereocenters. The summed E-state index contributed by atoms with van der Waals surface area (Å²) in [5.74, 6) is 0. The average Bonchev–Trinajstić information content (AvgIpc) is 2.34. The van der Waals surface area contributed by atoms with Gasteiger partial charge in [0.2, 0.25) is 0 Å². The number of primary amides is 1. The first kappa shape index (κ1) is 8.58. The molecule has 0 spiro atoms. The van der Waals surface area contributed by atoms with E-state index in [-0.39, 0.29) is 6.04 Å². The quantitative estimate of drug-likeness (QED) is 0.690. The maximum atomic E-state index is 10.4. The van der Waals surface area contributed by atoms with Crippen LogP contribution in [-0.4, -0.2) is 15.8 Å². The van der Waals surface area contributed by atoms with Gasteiger partial charge >= 0.3 is 6.03 Å². The summed E-state index contributed by atoms with van der Waals surface area (Å²) in [5.41, 5.74) is 5.54. The van der Waals surface area contributed by atoms with Crippen LogP contribution >= 0.6 is 0 Å². The van der Waals surface area contributed by atoms with E-state index in [1.54, 1.807) is 17.1 Å². The van der Waals surface area contributed by atoms with Gasteiger partial charge in [-0.25, -0.2) is 4.79 Å². The van der Waals surface area contributed by atoms with Crippen LogP contribution in [0, 0.1) is 0 Å². The number of nitrogens with one attached hydrogen (secondary N) is 1. The van der Waals surface area contributed by atoms with Gasteiger partial charge in [-0.1, -0.05) is 0 Å². The molecule has 12 heavy (non-hydrogen) atoms. The molecule has 1 aromatic heterocycles. The lowest BCUT2D eigenvalue weighted by Crippen LogP contribution is -2.18. The number of amides is 2. The van der Waals surface area contributed by atoms with Gasteiger partial charge < -0.3 is 11.1 Å². The van der Waals surface area contributed by atoms with E-state index in [1.165, 1.54) is 0 Å². The summed E-state index contributed by atoms with van der Waals surface area (Å²) in [6, 6.07) is -0.285. The van der Waals surface area contributed by atoms with Crippen molar-refractivity contribution < 1.29 is 4.79 Å². The first-order valence-electron chi connectivity index (χ1n) is 3.70. The molecule has 0 bridgehead atoms. The molecule has 0 saturated heterocycles. The van der Waals surface area contributed by atoms with E-state index >= 15 is 0 Å². The van der Waals surface area contributed by atoms with Gasteiger partial charge in [-0.15, -0.1) is 0 Å². The van der Waals surface area contributed by atoms with Gasteiger partial charge in [-0.2, -0.15) is 5.10 Å². The fourth-order valence-corrected chi connectivity index (χ4v) is 0.827. The Morgan fingerprint density at radius 1 is 1.75 bits per heavy atom. The topological polar surface area (TPSA) is 72.9 Å². The second kappa shape index (κ2) is 3.25. The van der Waals surface area contributed by atoms with Crippen molar-refractivity contribution in [3.05, 3.63) is 12.4 Å². The van der Waals surface area contributed by atoms with Crippen molar-refractivity contribution in [2.24, 2.45) is 5.73 Å². The maximum absolute atomic E-state index is 10.4. The van der Waals surface area contributed by atoms with E-state index in [9.17, 15) is 4.79 Å². The summed E-state index contributed by atoms with van der Waals surface area (Å²) < 4.78 is 1.74. The molecule has 0 radical (unpaired) electrons.